The second-order valence-electron chi connectivity index (χ2n) is 4.95. The molecule has 7 nitrogen and oxygen atoms in total. The number of H-pyrrole nitrogens is 1. The Morgan fingerprint density at radius 2 is 1.86 bits per heavy atom. The van der Waals surface area contributed by atoms with E-state index < -0.39 is 10.0 Å². The second-order valence-corrected chi connectivity index (χ2v) is 7.28. The Morgan fingerprint density at radius 1 is 1.23 bits per heavy atom. The molecule has 0 unspecified atom stereocenters. The van der Waals surface area contributed by atoms with Gasteiger partial charge in [0.2, 0.25) is 10.0 Å². The third-order valence-electron chi connectivity index (χ3n) is 3.60. The summed E-state index contributed by atoms with van der Waals surface area (Å²) in [6.45, 7) is 1.64. The summed E-state index contributed by atoms with van der Waals surface area (Å²) in [6, 6.07) is 6.66. The van der Waals surface area contributed by atoms with Crippen LogP contribution in [-0.2, 0) is 21.8 Å². The van der Waals surface area contributed by atoms with Gasteiger partial charge >= 0.3 is 0 Å². The van der Waals surface area contributed by atoms with Crippen molar-refractivity contribution in [1.82, 2.24) is 19.1 Å². The van der Waals surface area contributed by atoms with Gasteiger partial charge in [0, 0.05) is 25.7 Å². The van der Waals surface area contributed by atoms with Crippen molar-refractivity contribution in [3.8, 4) is 11.4 Å². The average Bonchev–Trinajstić information content (AvgIpc) is 2.88. The predicted octanol–water partition coefficient (Wildman–Crippen LogP) is 1.17. The van der Waals surface area contributed by atoms with Gasteiger partial charge in [0.25, 0.3) is 0 Å². The van der Waals surface area contributed by atoms with Gasteiger partial charge in [-0.1, -0.05) is 0 Å². The minimum absolute atomic E-state index is 0.273. The van der Waals surface area contributed by atoms with E-state index in [9.17, 15) is 8.42 Å². The van der Waals surface area contributed by atoms with Crippen molar-refractivity contribution < 1.29 is 13.2 Å². The molecule has 1 aromatic heterocycles. The van der Waals surface area contributed by atoms with Crippen LogP contribution in [0.15, 0.2) is 29.2 Å². The largest absolute Gasteiger partial charge is 0.379 e. The molecule has 0 atom stereocenters. The van der Waals surface area contributed by atoms with Crippen LogP contribution in [0.1, 0.15) is 0 Å². The Balaban J connectivity index is 1.91. The number of aromatic nitrogens is 3. The first-order valence-electron chi connectivity index (χ1n) is 6.80. The highest BCUT2D eigenvalue weighted by atomic mass is 32.2. The summed E-state index contributed by atoms with van der Waals surface area (Å²) >= 11 is 5.08. The van der Waals surface area contributed by atoms with Gasteiger partial charge in [-0.05, 0) is 36.5 Å². The van der Waals surface area contributed by atoms with Crippen LogP contribution < -0.4 is 0 Å². The summed E-state index contributed by atoms with van der Waals surface area (Å²) in [5.41, 5.74) is 0.802. The van der Waals surface area contributed by atoms with Crippen LogP contribution >= 0.6 is 12.2 Å². The van der Waals surface area contributed by atoms with E-state index in [1.54, 1.807) is 35.9 Å². The van der Waals surface area contributed by atoms with E-state index in [1.807, 2.05) is 0 Å². The molecular formula is C13H16N4O3S2. The molecular weight excluding hydrogens is 324 g/mol. The molecule has 0 radical (unpaired) electrons. The van der Waals surface area contributed by atoms with Gasteiger partial charge in [-0.2, -0.15) is 9.40 Å². The molecule has 0 amide bonds. The van der Waals surface area contributed by atoms with E-state index in [1.165, 1.54) is 4.31 Å². The summed E-state index contributed by atoms with van der Waals surface area (Å²) in [7, 11) is -1.66. The summed E-state index contributed by atoms with van der Waals surface area (Å²) < 4.78 is 34.0. The second kappa shape index (κ2) is 5.92. The summed E-state index contributed by atoms with van der Waals surface area (Å²) in [4.78, 5) is 0.273. The molecule has 1 fully saturated rings. The number of benzene rings is 1. The third-order valence-corrected chi connectivity index (χ3v) is 5.88. The van der Waals surface area contributed by atoms with Crippen molar-refractivity contribution in [2.45, 2.75) is 4.90 Å². The molecule has 9 heteroatoms. The molecule has 2 heterocycles. The Bertz CT molecular complexity index is 818. The highest BCUT2D eigenvalue weighted by Crippen LogP contribution is 2.22. The molecule has 1 aliphatic heterocycles. The fourth-order valence-corrected chi connectivity index (χ4v) is 3.86. The number of hydrogen-bond acceptors (Lipinski definition) is 5. The highest BCUT2D eigenvalue weighted by Gasteiger charge is 2.26. The van der Waals surface area contributed by atoms with Crippen molar-refractivity contribution in [3.05, 3.63) is 29.0 Å². The zero-order chi connectivity index (χ0) is 15.7. The van der Waals surface area contributed by atoms with E-state index >= 15 is 0 Å². The number of ether oxygens (including phenoxy) is 1. The maximum atomic E-state index is 12.5. The molecule has 22 heavy (non-hydrogen) atoms. The smallest absolute Gasteiger partial charge is 0.243 e. The fraction of sp³-hybridized carbons (Fsp3) is 0.385. The van der Waals surface area contributed by atoms with E-state index in [0.29, 0.717) is 36.9 Å². The van der Waals surface area contributed by atoms with Gasteiger partial charge < -0.3 is 9.30 Å². The Morgan fingerprint density at radius 3 is 2.41 bits per heavy atom. The van der Waals surface area contributed by atoms with Crippen LogP contribution in [-0.4, -0.2) is 53.8 Å². The minimum atomic E-state index is -3.47. The van der Waals surface area contributed by atoms with Crippen molar-refractivity contribution in [1.29, 1.82) is 0 Å². The van der Waals surface area contributed by atoms with E-state index in [2.05, 4.69) is 10.2 Å². The van der Waals surface area contributed by atoms with Crippen molar-refractivity contribution >= 4 is 22.2 Å². The van der Waals surface area contributed by atoms with E-state index in [-0.39, 0.29) is 4.90 Å². The van der Waals surface area contributed by atoms with Gasteiger partial charge in [-0.15, -0.1) is 0 Å². The van der Waals surface area contributed by atoms with Crippen LogP contribution in [0.2, 0.25) is 0 Å². The summed E-state index contributed by atoms with van der Waals surface area (Å²) in [5, 5.41) is 6.84. The molecule has 0 saturated carbocycles. The minimum Gasteiger partial charge on any atom is -0.379 e. The maximum Gasteiger partial charge on any atom is 0.243 e. The lowest BCUT2D eigenvalue weighted by atomic mass is 10.2. The van der Waals surface area contributed by atoms with E-state index in [0.717, 1.165) is 5.56 Å². The Labute approximate surface area is 133 Å². The molecule has 3 rings (SSSR count). The first-order valence-corrected chi connectivity index (χ1v) is 8.65. The van der Waals surface area contributed by atoms with Gasteiger partial charge in [0.05, 0.1) is 18.1 Å². The normalized spacial score (nSPS) is 16.8. The summed E-state index contributed by atoms with van der Waals surface area (Å²) in [6.07, 6.45) is 0. The number of hydrogen-bond donors (Lipinski definition) is 1. The van der Waals surface area contributed by atoms with Crippen LogP contribution in [0, 0.1) is 4.77 Å². The van der Waals surface area contributed by atoms with Gasteiger partial charge in [0.15, 0.2) is 10.6 Å². The van der Waals surface area contributed by atoms with Crippen LogP contribution in [0.25, 0.3) is 11.4 Å². The molecule has 1 aromatic carbocycles. The number of morpholine rings is 1. The molecule has 0 bridgehead atoms. The van der Waals surface area contributed by atoms with Crippen molar-refractivity contribution in [2.75, 3.05) is 26.3 Å². The summed E-state index contributed by atoms with van der Waals surface area (Å²) in [5.74, 6) is 0.667. The quantitative estimate of drug-likeness (QED) is 0.848. The zero-order valence-electron chi connectivity index (χ0n) is 12.0. The lowest BCUT2D eigenvalue weighted by Gasteiger charge is -2.26. The average molecular weight is 340 g/mol. The highest BCUT2D eigenvalue weighted by molar-refractivity contribution is 7.89. The Hall–Kier alpha value is -1.55. The number of aromatic amines is 1. The number of sulfonamides is 1. The van der Waals surface area contributed by atoms with E-state index in [4.69, 9.17) is 17.0 Å². The standard InChI is InChI=1S/C13H16N4O3S2/c1-16-12(14-15-13(16)21)10-2-4-11(5-3-10)22(18,19)17-6-8-20-9-7-17/h2-5H,6-9H2,1H3,(H,15,21). The lowest BCUT2D eigenvalue weighted by molar-refractivity contribution is 0.0730. The Kier molecular flexibility index (Phi) is 4.13. The van der Waals surface area contributed by atoms with Gasteiger partial charge in [-0.3, -0.25) is 5.10 Å². The first-order chi connectivity index (χ1) is 10.5. The van der Waals surface area contributed by atoms with Crippen molar-refractivity contribution in [2.24, 2.45) is 7.05 Å². The molecule has 118 valence electrons. The zero-order valence-corrected chi connectivity index (χ0v) is 13.7. The van der Waals surface area contributed by atoms with Gasteiger partial charge in [0.1, 0.15) is 0 Å². The maximum absolute atomic E-state index is 12.5. The topological polar surface area (TPSA) is 80.2 Å². The molecule has 0 aliphatic carbocycles. The number of nitrogens with zero attached hydrogens (tertiary/aromatic N) is 3. The van der Waals surface area contributed by atoms with Crippen molar-refractivity contribution in [3.63, 3.8) is 0 Å². The number of rotatable bonds is 3. The molecule has 1 N–H and O–H groups in total. The SMILES string of the molecule is Cn1c(-c2ccc(S(=O)(=O)N3CCOCC3)cc2)n[nH]c1=S. The fourth-order valence-electron chi connectivity index (χ4n) is 2.32. The van der Waals surface area contributed by atoms with Crippen LogP contribution in [0.3, 0.4) is 0 Å². The van der Waals surface area contributed by atoms with Crippen LogP contribution in [0.5, 0.6) is 0 Å². The molecule has 2 aromatic rings. The molecule has 0 spiro atoms. The third kappa shape index (κ3) is 2.72. The monoisotopic (exact) mass is 340 g/mol. The number of nitrogens with one attached hydrogen (secondary N) is 1. The molecule has 1 aliphatic rings. The van der Waals surface area contributed by atoms with Gasteiger partial charge in [-0.25, -0.2) is 8.42 Å². The predicted molar refractivity (Wildman–Crippen MR) is 83.4 cm³/mol. The molecule has 1 saturated heterocycles. The lowest BCUT2D eigenvalue weighted by Crippen LogP contribution is -2.40. The first kappa shape index (κ1) is 15.3. The van der Waals surface area contributed by atoms with Crippen LogP contribution in [0.4, 0.5) is 0 Å².